The zero-order valence-electron chi connectivity index (χ0n) is 12.9. The van der Waals surface area contributed by atoms with Crippen LogP contribution in [0.5, 0.6) is 0 Å². The minimum Gasteiger partial charge on any atom is -0.258 e. The second-order valence-electron chi connectivity index (χ2n) is 6.35. The van der Waals surface area contributed by atoms with Gasteiger partial charge in [0.2, 0.25) is 0 Å². The maximum Gasteiger partial charge on any atom is 0.269 e. The van der Waals surface area contributed by atoms with Crippen LogP contribution < -0.4 is 0 Å². The van der Waals surface area contributed by atoms with E-state index in [2.05, 4.69) is 10.3 Å². The van der Waals surface area contributed by atoms with Crippen molar-refractivity contribution in [2.75, 3.05) is 6.67 Å². The van der Waals surface area contributed by atoms with Gasteiger partial charge in [-0.05, 0) is 17.5 Å². The highest BCUT2D eigenvalue weighted by atomic mass is 19.1. The summed E-state index contributed by atoms with van der Waals surface area (Å²) in [4.78, 5) is 10.2. The first-order chi connectivity index (χ1) is 10.3. The molecule has 0 N–H and O–H groups in total. The molecule has 6 nitrogen and oxygen atoms in total. The molecule has 0 saturated carbocycles. The maximum atomic E-state index is 13.2. The van der Waals surface area contributed by atoms with Crippen molar-refractivity contribution in [3.05, 3.63) is 40.6 Å². The zero-order chi connectivity index (χ0) is 16.3. The summed E-state index contributed by atoms with van der Waals surface area (Å²) in [5.41, 5.74) is 1.22. The minimum absolute atomic E-state index is 0.0290. The van der Waals surface area contributed by atoms with Crippen LogP contribution in [0.15, 0.2) is 30.5 Å². The average molecular weight is 306 g/mol. The van der Waals surface area contributed by atoms with E-state index in [0.29, 0.717) is 12.2 Å². The zero-order valence-corrected chi connectivity index (χ0v) is 12.9. The lowest BCUT2D eigenvalue weighted by Crippen LogP contribution is -2.27. The molecular formula is C15H19FN4O2. The lowest BCUT2D eigenvalue weighted by molar-refractivity contribution is -0.384. The van der Waals surface area contributed by atoms with Gasteiger partial charge in [-0.15, -0.1) is 5.10 Å². The molecule has 0 radical (unpaired) electrons. The van der Waals surface area contributed by atoms with Crippen molar-refractivity contribution in [1.82, 2.24) is 15.0 Å². The number of halogens is 1. The first-order valence-electron chi connectivity index (χ1n) is 7.02. The molecule has 0 aliphatic heterocycles. The van der Waals surface area contributed by atoms with E-state index in [1.165, 1.54) is 12.1 Å². The molecule has 1 heterocycles. The van der Waals surface area contributed by atoms with E-state index in [1.807, 2.05) is 20.8 Å². The SMILES string of the molecule is CC(C)(C)C(CF)Cn1cc(-c2ccc([N+](=O)[O-])cc2)nn1. The third kappa shape index (κ3) is 3.66. The Morgan fingerprint density at radius 3 is 2.45 bits per heavy atom. The highest BCUT2D eigenvalue weighted by Gasteiger charge is 2.25. The number of nitro groups is 1. The van der Waals surface area contributed by atoms with Gasteiger partial charge in [0.15, 0.2) is 0 Å². The Morgan fingerprint density at radius 1 is 1.32 bits per heavy atom. The van der Waals surface area contributed by atoms with Crippen LogP contribution in [0.4, 0.5) is 10.1 Å². The van der Waals surface area contributed by atoms with E-state index in [4.69, 9.17) is 0 Å². The van der Waals surface area contributed by atoms with Gasteiger partial charge < -0.3 is 0 Å². The van der Waals surface area contributed by atoms with Crippen LogP contribution in [0.1, 0.15) is 20.8 Å². The fourth-order valence-electron chi connectivity index (χ4n) is 2.05. The molecule has 0 bridgehead atoms. The number of nitro benzene ring substituents is 1. The number of nitrogens with zero attached hydrogens (tertiary/aromatic N) is 4. The molecule has 0 aliphatic carbocycles. The Morgan fingerprint density at radius 2 is 1.95 bits per heavy atom. The molecule has 0 aliphatic rings. The second-order valence-corrected chi connectivity index (χ2v) is 6.35. The Labute approximate surface area is 128 Å². The van der Waals surface area contributed by atoms with Gasteiger partial charge in [-0.25, -0.2) is 0 Å². The highest BCUT2D eigenvalue weighted by Crippen LogP contribution is 2.28. The Hall–Kier alpha value is -2.31. The fourth-order valence-corrected chi connectivity index (χ4v) is 2.05. The molecule has 0 spiro atoms. The summed E-state index contributed by atoms with van der Waals surface area (Å²) < 4.78 is 14.8. The molecule has 0 fully saturated rings. The van der Waals surface area contributed by atoms with Gasteiger partial charge in [0, 0.05) is 30.2 Å². The van der Waals surface area contributed by atoms with Crippen LogP contribution in [0.25, 0.3) is 11.3 Å². The monoisotopic (exact) mass is 306 g/mol. The topological polar surface area (TPSA) is 73.8 Å². The predicted octanol–water partition coefficient (Wildman–Crippen LogP) is 3.49. The van der Waals surface area contributed by atoms with Crippen molar-refractivity contribution in [1.29, 1.82) is 0 Å². The van der Waals surface area contributed by atoms with Crippen LogP contribution in [0.3, 0.4) is 0 Å². The minimum atomic E-state index is -0.449. The van der Waals surface area contributed by atoms with Gasteiger partial charge in [-0.1, -0.05) is 26.0 Å². The van der Waals surface area contributed by atoms with Crippen LogP contribution in [0, 0.1) is 21.4 Å². The summed E-state index contributed by atoms with van der Waals surface area (Å²) in [7, 11) is 0. The quantitative estimate of drug-likeness (QED) is 0.626. The molecule has 2 rings (SSSR count). The van der Waals surface area contributed by atoms with Gasteiger partial charge in [0.05, 0.1) is 17.8 Å². The van der Waals surface area contributed by atoms with Gasteiger partial charge >= 0.3 is 0 Å². The number of hydrogen-bond donors (Lipinski definition) is 0. The van der Waals surface area contributed by atoms with Gasteiger partial charge in [0.25, 0.3) is 5.69 Å². The van der Waals surface area contributed by atoms with Crippen molar-refractivity contribution in [3.8, 4) is 11.3 Å². The van der Waals surface area contributed by atoms with Crippen LogP contribution >= 0.6 is 0 Å². The number of non-ortho nitro benzene ring substituents is 1. The molecule has 118 valence electrons. The molecular weight excluding hydrogens is 287 g/mol. The summed E-state index contributed by atoms with van der Waals surface area (Å²) >= 11 is 0. The molecule has 7 heteroatoms. The number of aromatic nitrogens is 3. The molecule has 1 atom stereocenters. The van der Waals surface area contributed by atoms with Crippen LogP contribution in [-0.2, 0) is 6.54 Å². The third-order valence-corrected chi connectivity index (χ3v) is 3.73. The smallest absolute Gasteiger partial charge is 0.258 e. The van der Waals surface area contributed by atoms with Crippen molar-refractivity contribution < 1.29 is 9.31 Å². The number of hydrogen-bond acceptors (Lipinski definition) is 4. The van der Waals surface area contributed by atoms with Crippen molar-refractivity contribution in [2.45, 2.75) is 27.3 Å². The van der Waals surface area contributed by atoms with E-state index in [1.54, 1.807) is 23.0 Å². The maximum absolute atomic E-state index is 13.2. The third-order valence-electron chi connectivity index (χ3n) is 3.73. The molecule has 0 saturated heterocycles. The summed E-state index contributed by atoms with van der Waals surface area (Å²) in [5.74, 6) is -0.154. The summed E-state index contributed by atoms with van der Waals surface area (Å²) in [6.45, 7) is 6.00. The standard InChI is InChI=1S/C15H19FN4O2/c1-15(2,3)12(8-16)9-19-10-14(17-18-19)11-4-6-13(7-5-11)20(21)22/h4-7,10,12H,8-9H2,1-3H3. The van der Waals surface area contributed by atoms with Crippen molar-refractivity contribution in [3.63, 3.8) is 0 Å². The predicted molar refractivity (Wildman–Crippen MR) is 81.0 cm³/mol. The van der Waals surface area contributed by atoms with Crippen molar-refractivity contribution >= 4 is 5.69 Å². The Kier molecular flexibility index (Phi) is 4.54. The van der Waals surface area contributed by atoms with Gasteiger partial charge in [0.1, 0.15) is 5.69 Å². The Balaban J connectivity index is 2.15. The van der Waals surface area contributed by atoms with E-state index in [0.717, 1.165) is 5.56 Å². The summed E-state index contributed by atoms with van der Waals surface area (Å²) in [5, 5.41) is 18.7. The van der Waals surface area contributed by atoms with E-state index in [-0.39, 0.29) is 17.0 Å². The van der Waals surface area contributed by atoms with E-state index < -0.39 is 11.6 Å². The first kappa shape index (κ1) is 16.1. The van der Waals surface area contributed by atoms with E-state index >= 15 is 0 Å². The molecule has 1 unspecified atom stereocenters. The number of benzene rings is 1. The van der Waals surface area contributed by atoms with Crippen molar-refractivity contribution in [2.24, 2.45) is 11.3 Å². The number of rotatable bonds is 5. The highest BCUT2D eigenvalue weighted by molar-refractivity contribution is 5.59. The van der Waals surface area contributed by atoms with Gasteiger partial charge in [-0.3, -0.25) is 19.2 Å². The van der Waals surface area contributed by atoms with Gasteiger partial charge in [-0.2, -0.15) is 0 Å². The lowest BCUT2D eigenvalue weighted by atomic mass is 9.81. The molecule has 0 amide bonds. The molecule has 22 heavy (non-hydrogen) atoms. The molecule has 2 aromatic rings. The summed E-state index contributed by atoms with van der Waals surface area (Å²) in [6, 6.07) is 6.10. The fraction of sp³-hybridized carbons (Fsp3) is 0.467. The lowest BCUT2D eigenvalue weighted by Gasteiger charge is -2.27. The average Bonchev–Trinajstić information content (AvgIpc) is 2.92. The van der Waals surface area contributed by atoms with Crippen LogP contribution in [0.2, 0.25) is 0 Å². The Bertz CT molecular complexity index is 646. The second kappa shape index (κ2) is 6.21. The van der Waals surface area contributed by atoms with E-state index in [9.17, 15) is 14.5 Å². The number of alkyl halides is 1. The summed E-state index contributed by atoms with van der Waals surface area (Å²) in [6.07, 6.45) is 1.73. The largest absolute Gasteiger partial charge is 0.269 e. The van der Waals surface area contributed by atoms with Crippen LogP contribution in [-0.4, -0.2) is 26.6 Å². The first-order valence-corrected chi connectivity index (χ1v) is 7.02. The normalized spacial score (nSPS) is 13.1. The molecule has 1 aromatic carbocycles. The molecule has 1 aromatic heterocycles.